The van der Waals surface area contributed by atoms with Crippen LogP contribution in [0.5, 0.6) is 0 Å². The van der Waals surface area contributed by atoms with Crippen LogP contribution >= 0.6 is 15.9 Å². The zero-order valence-corrected chi connectivity index (χ0v) is 11.7. The van der Waals surface area contributed by atoms with E-state index in [9.17, 15) is 8.78 Å². The number of fused-ring (bicyclic) bond motifs is 2. The molecule has 19 heavy (non-hydrogen) atoms. The van der Waals surface area contributed by atoms with E-state index in [1.165, 1.54) is 0 Å². The Morgan fingerprint density at radius 2 is 1.95 bits per heavy atom. The van der Waals surface area contributed by atoms with Crippen molar-refractivity contribution in [3.05, 3.63) is 33.4 Å². The highest BCUT2D eigenvalue weighted by atomic mass is 79.9. The lowest BCUT2D eigenvalue weighted by atomic mass is 9.93. The Morgan fingerprint density at radius 1 is 1.21 bits per heavy atom. The van der Waals surface area contributed by atoms with Gasteiger partial charge in [-0.3, -0.25) is 5.84 Å². The van der Waals surface area contributed by atoms with Crippen LogP contribution in [-0.2, 0) is 12.8 Å². The van der Waals surface area contributed by atoms with E-state index in [2.05, 4.69) is 26.3 Å². The van der Waals surface area contributed by atoms with E-state index >= 15 is 0 Å². The summed E-state index contributed by atoms with van der Waals surface area (Å²) in [5.74, 6) is 4.25. The first-order chi connectivity index (χ1) is 9.13. The molecule has 1 aliphatic rings. The minimum atomic E-state index is -0.666. The molecule has 0 atom stereocenters. The summed E-state index contributed by atoms with van der Waals surface area (Å²) in [6.07, 6.45) is 3.68. The number of nitrogens with zero attached hydrogens (tertiary/aromatic N) is 1. The molecule has 1 heterocycles. The second-order valence-electron chi connectivity index (χ2n) is 4.64. The van der Waals surface area contributed by atoms with Crippen LogP contribution in [0.2, 0.25) is 0 Å². The van der Waals surface area contributed by atoms with Crippen molar-refractivity contribution in [3.8, 4) is 0 Å². The van der Waals surface area contributed by atoms with Gasteiger partial charge in [0.05, 0.1) is 10.2 Å². The van der Waals surface area contributed by atoms with Crippen molar-refractivity contribution < 1.29 is 8.78 Å². The highest BCUT2D eigenvalue weighted by Crippen LogP contribution is 2.38. The third-order valence-corrected chi connectivity index (χ3v) is 4.30. The van der Waals surface area contributed by atoms with E-state index in [1.807, 2.05) is 0 Å². The number of aromatic nitrogens is 1. The normalized spacial score (nSPS) is 14.5. The molecule has 3 N–H and O–H groups in total. The Balaban J connectivity index is 2.47. The summed E-state index contributed by atoms with van der Waals surface area (Å²) in [4.78, 5) is 4.36. The Bertz CT molecular complexity index is 673. The Hall–Kier alpha value is -1.27. The predicted octanol–water partition coefficient (Wildman–Crippen LogP) is 3.44. The zero-order valence-electron chi connectivity index (χ0n) is 10.1. The van der Waals surface area contributed by atoms with Crippen molar-refractivity contribution in [2.75, 3.05) is 5.43 Å². The van der Waals surface area contributed by atoms with E-state index in [1.54, 1.807) is 0 Å². The molecule has 3 nitrogen and oxygen atoms in total. The van der Waals surface area contributed by atoms with Crippen molar-refractivity contribution in [1.29, 1.82) is 0 Å². The van der Waals surface area contributed by atoms with Crippen LogP contribution in [0.4, 0.5) is 14.5 Å². The predicted molar refractivity (Wildman–Crippen MR) is 73.8 cm³/mol. The zero-order chi connectivity index (χ0) is 13.6. The number of halogens is 3. The van der Waals surface area contributed by atoms with Gasteiger partial charge >= 0.3 is 0 Å². The van der Waals surface area contributed by atoms with Gasteiger partial charge in [-0.25, -0.2) is 13.8 Å². The molecule has 1 aromatic carbocycles. The number of pyridine rings is 1. The number of rotatable bonds is 1. The number of nitrogens with one attached hydrogen (secondary N) is 1. The summed E-state index contributed by atoms with van der Waals surface area (Å²) >= 11 is 3.16. The molecule has 0 aliphatic heterocycles. The molecule has 0 radical (unpaired) electrons. The second-order valence-corrected chi connectivity index (χ2v) is 5.43. The molecular weight excluding hydrogens is 316 g/mol. The molecule has 0 bridgehead atoms. The van der Waals surface area contributed by atoms with Gasteiger partial charge in [0.2, 0.25) is 0 Å². The van der Waals surface area contributed by atoms with Gasteiger partial charge in [0.15, 0.2) is 5.82 Å². The Labute approximate surface area is 117 Å². The fourth-order valence-corrected chi connectivity index (χ4v) is 3.15. The molecule has 2 aromatic rings. The van der Waals surface area contributed by atoms with Crippen molar-refractivity contribution >= 4 is 32.5 Å². The fraction of sp³-hybridized carbons (Fsp3) is 0.308. The van der Waals surface area contributed by atoms with Crippen LogP contribution < -0.4 is 11.3 Å². The van der Waals surface area contributed by atoms with Gasteiger partial charge in [-0.1, -0.05) is 0 Å². The highest BCUT2D eigenvalue weighted by molar-refractivity contribution is 9.10. The number of hydrogen-bond donors (Lipinski definition) is 2. The van der Waals surface area contributed by atoms with Gasteiger partial charge in [-0.05, 0) is 47.2 Å². The molecule has 100 valence electrons. The van der Waals surface area contributed by atoms with Crippen LogP contribution in [0.1, 0.15) is 24.1 Å². The summed E-state index contributed by atoms with van der Waals surface area (Å²) in [5, 5.41) is 0.376. The summed E-state index contributed by atoms with van der Waals surface area (Å²) < 4.78 is 27.8. The number of hydrazine groups is 1. The number of nitrogen functional groups attached to an aromatic ring is 1. The van der Waals surface area contributed by atoms with Gasteiger partial charge in [0.25, 0.3) is 0 Å². The molecule has 0 saturated heterocycles. The van der Waals surface area contributed by atoms with E-state index in [4.69, 9.17) is 5.84 Å². The first-order valence-electron chi connectivity index (χ1n) is 6.09. The lowest BCUT2D eigenvalue weighted by Crippen LogP contribution is -2.16. The maximum atomic E-state index is 13.9. The minimum absolute atomic E-state index is 0.155. The third-order valence-electron chi connectivity index (χ3n) is 3.53. The maximum absolute atomic E-state index is 13.9. The van der Waals surface area contributed by atoms with Crippen LogP contribution in [0, 0.1) is 11.6 Å². The summed E-state index contributed by atoms with van der Waals surface area (Å²) in [6.45, 7) is 0. The van der Waals surface area contributed by atoms with E-state index in [0.29, 0.717) is 11.1 Å². The van der Waals surface area contributed by atoms with Crippen molar-refractivity contribution in [2.45, 2.75) is 25.7 Å². The smallest absolute Gasteiger partial charge is 0.152 e. The summed E-state index contributed by atoms with van der Waals surface area (Å²) in [6, 6.07) is 0.842. The van der Waals surface area contributed by atoms with Crippen molar-refractivity contribution in [3.63, 3.8) is 0 Å². The largest absolute Gasteiger partial charge is 0.323 e. The summed E-state index contributed by atoms with van der Waals surface area (Å²) in [7, 11) is 0. The number of aryl methyl sites for hydroxylation is 1. The van der Waals surface area contributed by atoms with E-state index < -0.39 is 11.6 Å². The average Bonchev–Trinajstić information content (AvgIpc) is 2.42. The number of benzene rings is 1. The first kappa shape index (κ1) is 12.7. The number of nitrogens with two attached hydrogens (primary N) is 1. The van der Waals surface area contributed by atoms with Crippen LogP contribution in [0.25, 0.3) is 10.9 Å². The fourth-order valence-electron chi connectivity index (χ4n) is 2.65. The van der Waals surface area contributed by atoms with Gasteiger partial charge < -0.3 is 5.43 Å². The first-order valence-corrected chi connectivity index (χ1v) is 6.88. The topological polar surface area (TPSA) is 50.9 Å². The number of hydrogen-bond acceptors (Lipinski definition) is 3. The highest BCUT2D eigenvalue weighted by Gasteiger charge is 2.22. The molecule has 0 saturated carbocycles. The standard InChI is InChI=1S/C13H12BrF2N3/c14-11-7(15)5-8(16)13-10(11)12(19-17)6-3-1-2-4-9(6)18-13/h5H,1-4,17H2,(H,18,19). The molecular formula is C13H12BrF2N3. The Morgan fingerprint density at radius 3 is 2.68 bits per heavy atom. The van der Waals surface area contributed by atoms with Gasteiger partial charge in [-0.15, -0.1) is 0 Å². The quantitative estimate of drug-likeness (QED) is 0.479. The van der Waals surface area contributed by atoms with Gasteiger partial charge in [0.1, 0.15) is 11.3 Å². The van der Waals surface area contributed by atoms with E-state index in [0.717, 1.165) is 43.0 Å². The molecule has 0 fully saturated rings. The molecule has 3 rings (SSSR count). The lowest BCUT2D eigenvalue weighted by molar-refractivity contribution is 0.585. The Kier molecular flexibility index (Phi) is 3.14. The van der Waals surface area contributed by atoms with E-state index in [-0.39, 0.29) is 9.99 Å². The maximum Gasteiger partial charge on any atom is 0.152 e. The minimum Gasteiger partial charge on any atom is -0.323 e. The van der Waals surface area contributed by atoms with Gasteiger partial charge in [0, 0.05) is 17.1 Å². The van der Waals surface area contributed by atoms with Crippen LogP contribution in [0.15, 0.2) is 10.5 Å². The SMILES string of the molecule is NNc1c2c(nc3c(F)cc(F)c(Br)c13)CCCC2. The molecule has 0 spiro atoms. The van der Waals surface area contributed by atoms with Gasteiger partial charge in [-0.2, -0.15) is 0 Å². The molecule has 6 heteroatoms. The van der Waals surface area contributed by atoms with Crippen LogP contribution in [0.3, 0.4) is 0 Å². The third kappa shape index (κ3) is 1.90. The molecule has 1 aliphatic carbocycles. The second kappa shape index (κ2) is 4.68. The lowest BCUT2D eigenvalue weighted by Gasteiger charge is -2.21. The molecule has 0 amide bonds. The average molecular weight is 328 g/mol. The van der Waals surface area contributed by atoms with Crippen LogP contribution in [-0.4, -0.2) is 4.98 Å². The monoisotopic (exact) mass is 327 g/mol. The summed E-state index contributed by atoms with van der Waals surface area (Å²) in [5.41, 5.74) is 5.13. The number of anilines is 1. The van der Waals surface area contributed by atoms with Crippen molar-refractivity contribution in [1.82, 2.24) is 4.98 Å². The van der Waals surface area contributed by atoms with Crippen molar-refractivity contribution in [2.24, 2.45) is 5.84 Å². The molecule has 0 unspecified atom stereocenters. The molecule has 1 aromatic heterocycles.